The van der Waals surface area contributed by atoms with E-state index in [2.05, 4.69) is 10.6 Å². The lowest BCUT2D eigenvalue weighted by molar-refractivity contribution is -0.146. The van der Waals surface area contributed by atoms with E-state index in [1.807, 2.05) is 48.7 Å². The summed E-state index contributed by atoms with van der Waals surface area (Å²) in [5.41, 5.74) is 1.72. The molecule has 9 heteroatoms. The molecule has 2 N–H and O–H groups in total. The number of urea groups is 1. The van der Waals surface area contributed by atoms with E-state index in [9.17, 15) is 14.4 Å². The standard InChI is InChI=1S/C23H28N4O4S/c1-15-5-7-16(8-6-15)25-23(30)27-18(21(28)26-11-9-24-10-12-26)14-17(22(29)31-2)20(27)19-4-3-13-32-19/h3-8,13,17-18,20,24H,9-12,14H2,1-2H3,(H,25,30). The van der Waals surface area contributed by atoms with Crippen LogP contribution in [0, 0.1) is 12.8 Å². The van der Waals surface area contributed by atoms with E-state index in [0.29, 0.717) is 31.9 Å². The van der Waals surface area contributed by atoms with Crippen LogP contribution in [0.2, 0.25) is 0 Å². The van der Waals surface area contributed by atoms with Crippen LogP contribution in [0.25, 0.3) is 0 Å². The van der Waals surface area contributed by atoms with Crippen molar-refractivity contribution in [2.24, 2.45) is 5.92 Å². The zero-order valence-electron chi connectivity index (χ0n) is 18.2. The van der Waals surface area contributed by atoms with Gasteiger partial charge in [-0.3, -0.25) is 9.59 Å². The maximum atomic E-state index is 13.5. The number of thiophene rings is 1. The van der Waals surface area contributed by atoms with E-state index in [1.54, 1.807) is 9.80 Å². The van der Waals surface area contributed by atoms with E-state index in [4.69, 9.17) is 4.74 Å². The molecule has 32 heavy (non-hydrogen) atoms. The van der Waals surface area contributed by atoms with Gasteiger partial charge in [-0.25, -0.2) is 4.79 Å². The number of esters is 1. The molecule has 0 saturated carbocycles. The Bertz CT molecular complexity index is 957. The first-order valence-electron chi connectivity index (χ1n) is 10.8. The number of anilines is 1. The molecule has 2 aromatic rings. The van der Waals surface area contributed by atoms with Gasteiger partial charge >= 0.3 is 12.0 Å². The fourth-order valence-corrected chi connectivity index (χ4v) is 5.34. The van der Waals surface area contributed by atoms with Crippen LogP contribution < -0.4 is 10.6 Å². The molecule has 2 aliphatic rings. The Kier molecular flexibility index (Phi) is 6.76. The van der Waals surface area contributed by atoms with Crippen LogP contribution >= 0.6 is 11.3 Å². The smallest absolute Gasteiger partial charge is 0.323 e. The van der Waals surface area contributed by atoms with Crippen LogP contribution in [-0.2, 0) is 14.3 Å². The first kappa shape index (κ1) is 22.3. The average molecular weight is 457 g/mol. The molecule has 2 aliphatic heterocycles. The third-order valence-corrected chi connectivity index (χ3v) is 7.03. The molecule has 8 nitrogen and oxygen atoms in total. The Morgan fingerprint density at radius 2 is 1.84 bits per heavy atom. The Hall–Kier alpha value is -2.91. The zero-order valence-corrected chi connectivity index (χ0v) is 19.1. The van der Waals surface area contributed by atoms with Crippen molar-refractivity contribution in [3.8, 4) is 0 Å². The number of amides is 3. The summed E-state index contributed by atoms with van der Waals surface area (Å²) in [5, 5.41) is 8.07. The number of likely N-dealkylation sites (tertiary alicyclic amines) is 1. The van der Waals surface area contributed by atoms with Crippen molar-refractivity contribution in [1.82, 2.24) is 15.1 Å². The summed E-state index contributed by atoms with van der Waals surface area (Å²) in [7, 11) is 1.34. The van der Waals surface area contributed by atoms with Crippen molar-refractivity contribution in [2.75, 3.05) is 38.6 Å². The van der Waals surface area contributed by atoms with Crippen LogP contribution in [-0.4, -0.2) is 67.0 Å². The summed E-state index contributed by atoms with van der Waals surface area (Å²) < 4.78 is 5.07. The molecular formula is C23H28N4O4S. The van der Waals surface area contributed by atoms with Crippen molar-refractivity contribution in [3.63, 3.8) is 0 Å². The monoisotopic (exact) mass is 456 g/mol. The van der Waals surface area contributed by atoms with Crippen molar-refractivity contribution in [3.05, 3.63) is 52.2 Å². The summed E-state index contributed by atoms with van der Waals surface area (Å²) >= 11 is 1.47. The molecule has 2 fully saturated rings. The molecule has 1 aromatic carbocycles. The highest BCUT2D eigenvalue weighted by molar-refractivity contribution is 7.10. The molecule has 2 saturated heterocycles. The highest BCUT2D eigenvalue weighted by Crippen LogP contribution is 2.44. The van der Waals surface area contributed by atoms with Crippen LogP contribution in [0.1, 0.15) is 22.9 Å². The van der Waals surface area contributed by atoms with Gasteiger partial charge in [0.05, 0.1) is 19.1 Å². The van der Waals surface area contributed by atoms with E-state index in [1.165, 1.54) is 18.4 Å². The first-order valence-corrected chi connectivity index (χ1v) is 11.6. The SMILES string of the molecule is COC(=O)C1CC(C(=O)N2CCNCC2)N(C(=O)Nc2ccc(C)cc2)C1c1cccs1. The van der Waals surface area contributed by atoms with Crippen molar-refractivity contribution >= 4 is 34.9 Å². The third-order valence-electron chi connectivity index (χ3n) is 6.08. The van der Waals surface area contributed by atoms with E-state index in [-0.39, 0.29) is 12.3 Å². The van der Waals surface area contributed by atoms with Gasteiger partial charge in [-0.2, -0.15) is 0 Å². The molecule has 170 valence electrons. The Labute approximate surface area is 191 Å². The third kappa shape index (κ3) is 4.49. The van der Waals surface area contributed by atoms with Crippen molar-refractivity contribution < 1.29 is 19.1 Å². The minimum Gasteiger partial charge on any atom is -0.469 e. The Morgan fingerprint density at radius 3 is 2.47 bits per heavy atom. The molecule has 0 aliphatic carbocycles. The fourth-order valence-electron chi connectivity index (χ4n) is 4.45. The summed E-state index contributed by atoms with van der Waals surface area (Å²) in [6.45, 7) is 4.55. The number of hydrogen-bond donors (Lipinski definition) is 2. The molecule has 3 atom stereocenters. The lowest BCUT2D eigenvalue weighted by atomic mass is 9.97. The normalized spacial score (nSPS) is 23.1. The zero-order chi connectivity index (χ0) is 22.7. The maximum Gasteiger partial charge on any atom is 0.323 e. The number of carbonyl (C=O) groups is 3. The van der Waals surface area contributed by atoms with Gasteiger partial charge in [-0.05, 0) is 36.9 Å². The van der Waals surface area contributed by atoms with Crippen LogP contribution in [0.3, 0.4) is 0 Å². The number of ether oxygens (including phenoxy) is 1. The molecule has 4 rings (SSSR count). The lowest BCUT2D eigenvalue weighted by Gasteiger charge is -2.35. The highest BCUT2D eigenvalue weighted by atomic mass is 32.1. The molecule has 3 heterocycles. The predicted octanol–water partition coefficient (Wildman–Crippen LogP) is 2.63. The Morgan fingerprint density at radius 1 is 1.12 bits per heavy atom. The molecule has 0 spiro atoms. The topological polar surface area (TPSA) is 91.0 Å². The van der Waals surface area contributed by atoms with Gasteiger partial charge in [-0.15, -0.1) is 11.3 Å². The number of rotatable bonds is 4. The molecule has 0 radical (unpaired) electrons. The number of piperazine rings is 1. The summed E-state index contributed by atoms with van der Waals surface area (Å²) in [6, 6.07) is 9.56. The number of methoxy groups -OCH3 is 1. The van der Waals surface area contributed by atoms with E-state index >= 15 is 0 Å². The quantitative estimate of drug-likeness (QED) is 0.691. The average Bonchev–Trinajstić information content (AvgIpc) is 3.48. The highest BCUT2D eigenvalue weighted by Gasteiger charge is 2.52. The minimum absolute atomic E-state index is 0.126. The van der Waals surface area contributed by atoms with Gasteiger partial charge in [0.1, 0.15) is 6.04 Å². The fraction of sp³-hybridized carbons (Fsp3) is 0.435. The van der Waals surface area contributed by atoms with Gasteiger partial charge in [0.25, 0.3) is 0 Å². The van der Waals surface area contributed by atoms with Crippen LogP contribution in [0.5, 0.6) is 0 Å². The summed E-state index contributed by atoms with van der Waals surface area (Å²) in [5.74, 6) is -1.15. The number of benzene rings is 1. The molecule has 1 aromatic heterocycles. The van der Waals surface area contributed by atoms with Gasteiger partial charge in [0, 0.05) is 36.7 Å². The van der Waals surface area contributed by atoms with Crippen LogP contribution in [0.15, 0.2) is 41.8 Å². The van der Waals surface area contributed by atoms with Crippen molar-refractivity contribution in [1.29, 1.82) is 0 Å². The second-order valence-corrected chi connectivity index (χ2v) is 9.10. The van der Waals surface area contributed by atoms with Crippen LogP contribution in [0.4, 0.5) is 10.5 Å². The molecule has 3 unspecified atom stereocenters. The predicted molar refractivity (Wildman–Crippen MR) is 122 cm³/mol. The second kappa shape index (κ2) is 9.70. The summed E-state index contributed by atoms with van der Waals surface area (Å²) in [6.07, 6.45) is 0.235. The van der Waals surface area contributed by atoms with Gasteiger partial charge in [0.15, 0.2) is 0 Å². The van der Waals surface area contributed by atoms with Gasteiger partial charge < -0.3 is 25.2 Å². The lowest BCUT2D eigenvalue weighted by Crippen LogP contribution is -2.54. The first-order chi connectivity index (χ1) is 15.5. The molecule has 0 bridgehead atoms. The minimum atomic E-state index is -0.741. The van der Waals surface area contributed by atoms with Gasteiger partial charge in [-0.1, -0.05) is 23.8 Å². The number of aryl methyl sites for hydroxylation is 1. The number of hydrogen-bond acceptors (Lipinski definition) is 6. The van der Waals surface area contributed by atoms with Crippen molar-refractivity contribution in [2.45, 2.75) is 25.4 Å². The summed E-state index contributed by atoms with van der Waals surface area (Å²) in [4.78, 5) is 44.0. The van der Waals surface area contributed by atoms with Gasteiger partial charge in [0.2, 0.25) is 5.91 Å². The molecular weight excluding hydrogens is 428 g/mol. The number of carbonyl (C=O) groups excluding carboxylic acids is 3. The Balaban J connectivity index is 1.69. The second-order valence-electron chi connectivity index (χ2n) is 8.12. The number of nitrogens with one attached hydrogen (secondary N) is 2. The number of nitrogens with zero attached hydrogens (tertiary/aromatic N) is 2. The van der Waals surface area contributed by atoms with E-state index < -0.39 is 30.0 Å². The molecule has 3 amide bonds. The largest absolute Gasteiger partial charge is 0.469 e. The van der Waals surface area contributed by atoms with E-state index in [0.717, 1.165) is 10.4 Å². The maximum absolute atomic E-state index is 13.5.